The van der Waals surface area contributed by atoms with E-state index in [2.05, 4.69) is 5.32 Å². The Morgan fingerprint density at radius 1 is 1.13 bits per heavy atom. The first-order valence-electron chi connectivity index (χ1n) is 10.5. The summed E-state index contributed by atoms with van der Waals surface area (Å²) in [7, 11) is 1.60. The summed E-state index contributed by atoms with van der Waals surface area (Å²) in [5.41, 5.74) is 1.44. The SMILES string of the molecule is COc1cccc(CN(C(=O)Cc2c(Cl)cccc2Cl)[C@H](C)C(=O)NC2CCCC2)c1. The zero-order valence-corrected chi connectivity index (χ0v) is 19.4. The van der Waals surface area contributed by atoms with Crippen molar-refractivity contribution in [1.82, 2.24) is 10.2 Å². The number of carbonyl (C=O) groups is 2. The van der Waals surface area contributed by atoms with E-state index in [-0.39, 0.29) is 30.8 Å². The summed E-state index contributed by atoms with van der Waals surface area (Å²) in [6.45, 7) is 2.04. The van der Waals surface area contributed by atoms with E-state index in [0.717, 1.165) is 31.2 Å². The summed E-state index contributed by atoms with van der Waals surface area (Å²) in [6, 6.07) is 12.2. The third-order valence-electron chi connectivity index (χ3n) is 5.75. The van der Waals surface area contributed by atoms with Crippen molar-refractivity contribution in [2.75, 3.05) is 7.11 Å². The van der Waals surface area contributed by atoms with Crippen molar-refractivity contribution in [3.8, 4) is 5.75 Å². The fourth-order valence-electron chi connectivity index (χ4n) is 3.90. The third-order valence-corrected chi connectivity index (χ3v) is 6.45. The highest BCUT2D eigenvalue weighted by Crippen LogP contribution is 2.26. The quantitative estimate of drug-likeness (QED) is 0.598. The number of carbonyl (C=O) groups excluding carboxylic acids is 2. The van der Waals surface area contributed by atoms with Crippen LogP contribution in [0.25, 0.3) is 0 Å². The molecule has 31 heavy (non-hydrogen) atoms. The first-order valence-corrected chi connectivity index (χ1v) is 11.3. The van der Waals surface area contributed by atoms with Crippen LogP contribution >= 0.6 is 23.2 Å². The van der Waals surface area contributed by atoms with E-state index in [1.54, 1.807) is 37.1 Å². The number of nitrogens with one attached hydrogen (secondary N) is 1. The highest BCUT2D eigenvalue weighted by Gasteiger charge is 2.29. The Morgan fingerprint density at radius 3 is 2.42 bits per heavy atom. The number of amides is 2. The van der Waals surface area contributed by atoms with Gasteiger partial charge in [-0.1, -0.05) is 54.2 Å². The summed E-state index contributed by atoms with van der Waals surface area (Å²) >= 11 is 12.6. The minimum absolute atomic E-state index is 0.0174. The Hall–Kier alpha value is -2.24. The van der Waals surface area contributed by atoms with Gasteiger partial charge in [-0.3, -0.25) is 9.59 Å². The minimum Gasteiger partial charge on any atom is -0.497 e. The lowest BCUT2D eigenvalue weighted by Crippen LogP contribution is -2.50. The number of hydrogen-bond acceptors (Lipinski definition) is 3. The Bertz CT molecular complexity index is 909. The number of halogens is 2. The number of ether oxygens (including phenoxy) is 1. The van der Waals surface area contributed by atoms with E-state index in [1.807, 2.05) is 24.3 Å². The zero-order chi connectivity index (χ0) is 22.4. The maximum absolute atomic E-state index is 13.4. The predicted octanol–water partition coefficient (Wildman–Crippen LogP) is 5.02. The van der Waals surface area contributed by atoms with Crippen molar-refractivity contribution in [1.29, 1.82) is 0 Å². The standard InChI is InChI=1S/C24H28Cl2N2O3/c1-16(24(30)27-18-8-3-4-9-18)28(15-17-7-5-10-19(13-17)31-2)23(29)14-20-21(25)11-6-12-22(20)26/h5-7,10-13,16,18H,3-4,8-9,14-15H2,1-2H3,(H,27,30)/t16-/m1/s1. The van der Waals surface area contributed by atoms with Crippen LogP contribution in [0.2, 0.25) is 10.0 Å². The molecule has 1 N–H and O–H groups in total. The van der Waals surface area contributed by atoms with Gasteiger partial charge >= 0.3 is 0 Å². The molecule has 1 fully saturated rings. The molecule has 1 atom stereocenters. The van der Waals surface area contributed by atoms with Gasteiger partial charge < -0.3 is 15.0 Å². The maximum atomic E-state index is 13.4. The lowest BCUT2D eigenvalue weighted by molar-refractivity contribution is -0.140. The monoisotopic (exact) mass is 462 g/mol. The Balaban J connectivity index is 1.83. The second kappa shape index (κ2) is 10.9. The molecule has 3 rings (SSSR count). The van der Waals surface area contributed by atoms with Crippen LogP contribution in [-0.2, 0) is 22.6 Å². The van der Waals surface area contributed by atoms with E-state index < -0.39 is 6.04 Å². The van der Waals surface area contributed by atoms with Crippen LogP contribution in [0.1, 0.15) is 43.7 Å². The molecule has 0 bridgehead atoms. The largest absolute Gasteiger partial charge is 0.497 e. The van der Waals surface area contributed by atoms with E-state index in [1.165, 1.54) is 0 Å². The topological polar surface area (TPSA) is 58.6 Å². The lowest BCUT2D eigenvalue weighted by atomic mass is 10.1. The molecule has 0 spiro atoms. The van der Waals surface area contributed by atoms with Crippen LogP contribution in [0.15, 0.2) is 42.5 Å². The van der Waals surface area contributed by atoms with Crippen molar-refractivity contribution < 1.29 is 14.3 Å². The van der Waals surface area contributed by atoms with Gasteiger partial charge in [-0.2, -0.15) is 0 Å². The van der Waals surface area contributed by atoms with Crippen molar-refractivity contribution >= 4 is 35.0 Å². The second-order valence-corrected chi connectivity index (χ2v) is 8.73. The van der Waals surface area contributed by atoms with Crippen LogP contribution in [0, 0.1) is 0 Å². The molecule has 0 aromatic heterocycles. The van der Waals surface area contributed by atoms with E-state index >= 15 is 0 Å². The summed E-state index contributed by atoms with van der Waals surface area (Å²) in [5, 5.41) is 3.97. The van der Waals surface area contributed by atoms with Crippen molar-refractivity contribution in [3.63, 3.8) is 0 Å². The third kappa shape index (κ3) is 6.14. The zero-order valence-electron chi connectivity index (χ0n) is 17.9. The normalized spacial score (nSPS) is 14.8. The summed E-state index contributed by atoms with van der Waals surface area (Å²) in [6.07, 6.45) is 4.23. The highest BCUT2D eigenvalue weighted by molar-refractivity contribution is 6.36. The Morgan fingerprint density at radius 2 is 1.77 bits per heavy atom. The maximum Gasteiger partial charge on any atom is 0.242 e. The van der Waals surface area contributed by atoms with Gasteiger partial charge in [0.15, 0.2) is 0 Å². The molecule has 7 heteroatoms. The molecule has 1 aliphatic rings. The van der Waals surface area contributed by atoms with Gasteiger partial charge in [0.25, 0.3) is 0 Å². The highest BCUT2D eigenvalue weighted by atomic mass is 35.5. The van der Waals surface area contributed by atoms with Gasteiger partial charge in [0, 0.05) is 22.6 Å². The van der Waals surface area contributed by atoms with Crippen LogP contribution in [0.5, 0.6) is 5.75 Å². The Kier molecular flexibility index (Phi) is 8.22. The first-order chi connectivity index (χ1) is 14.9. The Labute approximate surface area is 193 Å². The molecule has 2 aromatic carbocycles. The van der Waals surface area contributed by atoms with Gasteiger partial charge in [-0.15, -0.1) is 0 Å². The van der Waals surface area contributed by atoms with E-state index in [9.17, 15) is 9.59 Å². The molecular formula is C24H28Cl2N2O3. The molecule has 2 aromatic rings. The average molecular weight is 463 g/mol. The predicted molar refractivity (Wildman–Crippen MR) is 124 cm³/mol. The molecule has 0 unspecified atom stereocenters. The average Bonchev–Trinajstić information content (AvgIpc) is 3.27. The molecule has 0 radical (unpaired) electrons. The van der Waals surface area contributed by atoms with Crippen molar-refractivity contribution in [2.45, 2.75) is 57.7 Å². The first kappa shape index (κ1) is 23.4. The van der Waals surface area contributed by atoms with Gasteiger partial charge in [-0.25, -0.2) is 0 Å². The number of hydrogen-bond donors (Lipinski definition) is 1. The summed E-state index contributed by atoms with van der Waals surface area (Å²) in [5.74, 6) is 0.336. The van der Waals surface area contributed by atoms with E-state index in [0.29, 0.717) is 21.4 Å². The molecule has 5 nitrogen and oxygen atoms in total. The smallest absolute Gasteiger partial charge is 0.242 e. The lowest BCUT2D eigenvalue weighted by Gasteiger charge is -2.30. The number of nitrogens with zero attached hydrogens (tertiary/aromatic N) is 1. The molecule has 1 saturated carbocycles. The second-order valence-electron chi connectivity index (χ2n) is 7.92. The molecule has 0 heterocycles. The van der Waals surface area contributed by atoms with Gasteiger partial charge in [0.1, 0.15) is 11.8 Å². The molecular weight excluding hydrogens is 435 g/mol. The van der Waals surface area contributed by atoms with Crippen LogP contribution in [-0.4, -0.2) is 35.9 Å². The number of benzene rings is 2. The fraction of sp³-hybridized carbons (Fsp3) is 0.417. The molecule has 0 saturated heterocycles. The molecule has 0 aliphatic heterocycles. The van der Waals surface area contributed by atoms with Crippen LogP contribution in [0.3, 0.4) is 0 Å². The van der Waals surface area contributed by atoms with Gasteiger partial charge in [0.2, 0.25) is 11.8 Å². The van der Waals surface area contributed by atoms with Crippen molar-refractivity contribution in [3.05, 3.63) is 63.6 Å². The summed E-state index contributed by atoms with van der Waals surface area (Å²) < 4.78 is 5.30. The van der Waals surface area contributed by atoms with Crippen LogP contribution in [0.4, 0.5) is 0 Å². The number of methoxy groups -OCH3 is 1. The molecule has 166 valence electrons. The minimum atomic E-state index is -0.638. The molecule has 2 amide bonds. The van der Waals surface area contributed by atoms with E-state index in [4.69, 9.17) is 27.9 Å². The van der Waals surface area contributed by atoms with Crippen molar-refractivity contribution in [2.24, 2.45) is 0 Å². The van der Waals surface area contributed by atoms with Gasteiger partial charge in [-0.05, 0) is 55.2 Å². The fourth-order valence-corrected chi connectivity index (χ4v) is 4.43. The number of rotatable bonds is 8. The van der Waals surface area contributed by atoms with Crippen LogP contribution < -0.4 is 10.1 Å². The summed E-state index contributed by atoms with van der Waals surface area (Å²) in [4.78, 5) is 27.9. The molecule has 1 aliphatic carbocycles. The van der Waals surface area contributed by atoms with Gasteiger partial charge in [0.05, 0.1) is 13.5 Å².